The second-order valence-electron chi connectivity index (χ2n) is 11.1. The van der Waals surface area contributed by atoms with E-state index in [4.69, 9.17) is 0 Å². The van der Waals surface area contributed by atoms with Gasteiger partial charge in [-0.05, 0) is 106 Å². The van der Waals surface area contributed by atoms with Crippen molar-refractivity contribution in [2.24, 2.45) is 23.0 Å². The molecular formula is C33H44N2O2. The van der Waals surface area contributed by atoms with Crippen LogP contribution in [-0.4, -0.2) is 33.9 Å². The molecule has 1 heterocycles. The summed E-state index contributed by atoms with van der Waals surface area (Å²) in [6.45, 7) is 6.35. The van der Waals surface area contributed by atoms with Crippen LogP contribution in [0.1, 0.15) is 71.3 Å². The van der Waals surface area contributed by atoms with Crippen molar-refractivity contribution in [2.75, 3.05) is 7.05 Å². The summed E-state index contributed by atoms with van der Waals surface area (Å²) >= 11 is 0. The van der Waals surface area contributed by atoms with Gasteiger partial charge >= 0.3 is 0 Å². The van der Waals surface area contributed by atoms with E-state index >= 15 is 0 Å². The summed E-state index contributed by atoms with van der Waals surface area (Å²) in [4.78, 5) is 4.30. The maximum atomic E-state index is 12.1. The van der Waals surface area contributed by atoms with Crippen LogP contribution in [0.2, 0.25) is 0 Å². The van der Waals surface area contributed by atoms with Gasteiger partial charge in [-0.25, -0.2) is 0 Å². The lowest BCUT2D eigenvalue weighted by Gasteiger charge is -2.48. The monoisotopic (exact) mass is 500 g/mol. The number of hydrogen-bond donors (Lipinski definition) is 3. The number of allylic oxidation sites excluding steroid dienone is 5. The lowest BCUT2D eigenvalue weighted by Crippen LogP contribution is -2.48. The molecule has 0 spiro atoms. The molecule has 4 unspecified atom stereocenters. The van der Waals surface area contributed by atoms with E-state index in [1.165, 1.54) is 34.5 Å². The molecule has 4 nitrogen and oxygen atoms in total. The third-order valence-electron chi connectivity index (χ3n) is 9.11. The normalized spacial score (nSPS) is 32.3. The topological polar surface area (TPSA) is 79.4 Å². The number of nitrogens with zero attached hydrogens (tertiary/aromatic N) is 1. The average Bonchev–Trinajstić information content (AvgIpc) is 3.21. The molecule has 0 radical (unpaired) electrons. The molecule has 4 aliphatic carbocycles. The minimum absolute atomic E-state index is 0.0678. The fraction of sp³-hybridized carbons (Fsp3) is 0.485. The van der Waals surface area contributed by atoms with Crippen molar-refractivity contribution in [1.29, 1.82) is 0 Å². The van der Waals surface area contributed by atoms with E-state index in [1.54, 1.807) is 0 Å². The first kappa shape index (κ1) is 27.5. The summed E-state index contributed by atoms with van der Waals surface area (Å²) in [5.41, 5.74) is 8.75. The average molecular weight is 501 g/mol. The van der Waals surface area contributed by atoms with Gasteiger partial charge in [0.1, 0.15) is 0 Å². The summed E-state index contributed by atoms with van der Waals surface area (Å²) in [6.07, 6.45) is 20.9. The largest absolute Gasteiger partial charge is 0.393 e. The van der Waals surface area contributed by atoms with Gasteiger partial charge in [-0.15, -0.1) is 0 Å². The Hall–Kier alpha value is -2.53. The number of fused-ring (bicyclic) bond motifs is 5. The Labute approximate surface area is 222 Å². The van der Waals surface area contributed by atoms with E-state index in [1.807, 2.05) is 38.4 Å². The number of benzene rings is 1. The van der Waals surface area contributed by atoms with Crippen molar-refractivity contribution in [3.05, 3.63) is 83.7 Å². The fourth-order valence-corrected chi connectivity index (χ4v) is 7.01. The molecule has 1 fully saturated rings. The molecule has 6 rings (SSSR count). The van der Waals surface area contributed by atoms with Gasteiger partial charge in [0.25, 0.3) is 0 Å². The predicted molar refractivity (Wildman–Crippen MR) is 155 cm³/mol. The first-order chi connectivity index (χ1) is 17.9. The number of pyridine rings is 1. The molecule has 4 heteroatoms. The Morgan fingerprint density at radius 1 is 1.03 bits per heavy atom. The van der Waals surface area contributed by atoms with Gasteiger partial charge in [0.15, 0.2) is 0 Å². The van der Waals surface area contributed by atoms with E-state index in [0.717, 1.165) is 50.5 Å². The minimum Gasteiger partial charge on any atom is -0.393 e. The van der Waals surface area contributed by atoms with Gasteiger partial charge in [-0.3, -0.25) is 4.98 Å². The van der Waals surface area contributed by atoms with Crippen LogP contribution >= 0.6 is 0 Å². The maximum Gasteiger partial charge on any atom is 0.0933 e. The molecule has 1 aromatic carbocycles. The van der Waals surface area contributed by atoms with Crippen LogP contribution in [0.5, 0.6) is 0 Å². The smallest absolute Gasteiger partial charge is 0.0933 e. The number of hydrogen-bond acceptors (Lipinski definition) is 4. The fourth-order valence-electron chi connectivity index (χ4n) is 7.01. The van der Waals surface area contributed by atoms with Crippen molar-refractivity contribution >= 4 is 16.3 Å². The van der Waals surface area contributed by atoms with Crippen LogP contribution in [0, 0.1) is 17.3 Å². The van der Waals surface area contributed by atoms with Gasteiger partial charge in [0, 0.05) is 29.1 Å². The first-order valence-electron chi connectivity index (χ1n) is 13.9. The number of aliphatic hydroxyl groups is 2. The molecule has 0 saturated heterocycles. The molecule has 2 aromatic rings. The van der Waals surface area contributed by atoms with Crippen molar-refractivity contribution < 1.29 is 10.2 Å². The van der Waals surface area contributed by atoms with Crippen molar-refractivity contribution in [2.45, 2.75) is 77.4 Å². The first-order valence-corrected chi connectivity index (χ1v) is 13.9. The third-order valence-corrected chi connectivity index (χ3v) is 9.11. The highest BCUT2D eigenvalue weighted by Crippen LogP contribution is 2.61. The molecule has 37 heavy (non-hydrogen) atoms. The van der Waals surface area contributed by atoms with Crippen LogP contribution < -0.4 is 5.73 Å². The Balaban J connectivity index is 0.000000490. The predicted octanol–water partition coefficient (Wildman–Crippen LogP) is 6.74. The van der Waals surface area contributed by atoms with Crippen LogP contribution in [0.25, 0.3) is 16.3 Å². The van der Waals surface area contributed by atoms with Gasteiger partial charge in [0.2, 0.25) is 0 Å². The molecule has 4 aliphatic rings. The molecule has 1 saturated carbocycles. The van der Waals surface area contributed by atoms with E-state index < -0.39 is 5.60 Å². The number of rotatable bonds is 1. The zero-order chi connectivity index (χ0) is 26.6. The molecule has 5 atom stereocenters. The molecule has 198 valence electrons. The lowest BCUT2D eigenvalue weighted by molar-refractivity contribution is -0.0330. The summed E-state index contributed by atoms with van der Waals surface area (Å²) in [6, 6.07) is 8.74. The number of aliphatic hydroxyl groups excluding tert-OH is 1. The third kappa shape index (κ3) is 5.12. The molecule has 4 N–H and O–H groups in total. The van der Waals surface area contributed by atoms with E-state index in [0.29, 0.717) is 5.92 Å². The summed E-state index contributed by atoms with van der Waals surface area (Å²) in [7, 11) is 1.50. The van der Waals surface area contributed by atoms with Crippen molar-refractivity contribution in [1.82, 2.24) is 4.98 Å². The zero-order valence-corrected chi connectivity index (χ0v) is 23.0. The zero-order valence-electron chi connectivity index (χ0n) is 23.0. The highest BCUT2D eigenvalue weighted by molar-refractivity contribution is 5.87. The summed E-state index contributed by atoms with van der Waals surface area (Å²) < 4.78 is 0. The molecule has 0 aliphatic heterocycles. The quantitative estimate of drug-likeness (QED) is 0.379. The van der Waals surface area contributed by atoms with E-state index in [-0.39, 0.29) is 17.4 Å². The lowest BCUT2D eigenvalue weighted by atomic mass is 9.58. The van der Waals surface area contributed by atoms with Gasteiger partial charge in [0.05, 0.1) is 11.7 Å². The van der Waals surface area contributed by atoms with E-state index in [9.17, 15) is 10.2 Å². The maximum absolute atomic E-state index is 12.1. The van der Waals surface area contributed by atoms with Crippen LogP contribution in [0.3, 0.4) is 0 Å². The Bertz CT molecular complexity index is 1220. The van der Waals surface area contributed by atoms with Crippen LogP contribution in [-0.2, 0) is 0 Å². The Kier molecular flexibility index (Phi) is 8.52. The van der Waals surface area contributed by atoms with Crippen LogP contribution in [0.15, 0.2) is 78.2 Å². The van der Waals surface area contributed by atoms with E-state index in [2.05, 4.69) is 60.1 Å². The molecule has 1 aromatic heterocycles. The van der Waals surface area contributed by atoms with Gasteiger partial charge in [-0.1, -0.05) is 55.0 Å². The highest BCUT2D eigenvalue weighted by atomic mass is 16.3. The SMILES string of the molecule is C/C=C\C.CC12CC=C3C=C4CC(O)CCC4CC[C@]3(O)C1CC=C2c1ccc2ccncc2c1.CN. The second kappa shape index (κ2) is 11.5. The van der Waals surface area contributed by atoms with Crippen LogP contribution in [0.4, 0.5) is 0 Å². The Morgan fingerprint density at radius 3 is 2.57 bits per heavy atom. The molecule has 0 amide bonds. The Morgan fingerprint density at radius 2 is 1.81 bits per heavy atom. The second-order valence-corrected chi connectivity index (χ2v) is 11.1. The van der Waals surface area contributed by atoms with Gasteiger partial charge in [-0.2, -0.15) is 0 Å². The standard InChI is InChI=1S/C28H31NO2.C4H8.CH5N/c1-27-11-9-23-15-21-16-24(30)5-4-18(21)8-12-28(23,31)26(27)7-6-25(27)20-3-2-19-10-13-29-17-22(19)14-20;1-3-4-2;1-2/h2-3,6,9-10,13-15,17-18,24,26,30-31H,4-5,7-8,11-12,16H2,1H3;3-4H,1-2H3;2H2,1H3/b;4-3-;/t18?,24?,26?,27?,28-;;/m1../s1. The summed E-state index contributed by atoms with van der Waals surface area (Å²) in [5.74, 6) is 0.716. The number of aromatic nitrogens is 1. The number of nitrogens with two attached hydrogens (primary N) is 1. The highest BCUT2D eigenvalue weighted by Gasteiger charge is 2.55. The molecular weight excluding hydrogens is 456 g/mol. The van der Waals surface area contributed by atoms with Crippen molar-refractivity contribution in [3.63, 3.8) is 0 Å². The summed E-state index contributed by atoms with van der Waals surface area (Å²) in [5, 5.41) is 24.7. The minimum atomic E-state index is -0.779. The van der Waals surface area contributed by atoms with Gasteiger partial charge < -0.3 is 15.9 Å². The van der Waals surface area contributed by atoms with Crippen molar-refractivity contribution in [3.8, 4) is 0 Å². The molecule has 0 bridgehead atoms.